The molecule has 0 unspecified atom stereocenters. The minimum Gasteiger partial charge on any atom is -0.391 e. The Morgan fingerprint density at radius 1 is 1.07 bits per heavy atom. The lowest BCUT2D eigenvalue weighted by atomic mass is 9.81. The highest BCUT2D eigenvalue weighted by molar-refractivity contribution is 5.02. The molecular formula is C11H17NO2. The minimum atomic E-state index is -0.257. The van der Waals surface area contributed by atoms with Gasteiger partial charge in [0, 0.05) is 12.1 Å². The normalized spacial score (nSPS) is 43.2. The molecule has 2 heterocycles. The number of rotatable bonds is 1. The Morgan fingerprint density at radius 3 is 2.00 bits per heavy atom. The molecular weight excluding hydrogens is 178 g/mol. The number of nitrogens with zero attached hydrogens (tertiary/aromatic N) is 1. The molecule has 0 amide bonds. The van der Waals surface area contributed by atoms with Crippen LogP contribution in [-0.4, -0.2) is 45.9 Å². The summed E-state index contributed by atoms with van der Waals surface area (Å²) in [6.07, 6.45) is 8.11. The summed E-state index contributed by atoms with van der Waals surface area (Å²) in [5, 5.41) is 19.6. The van der Waals surface area contributed by atoms with E-state index in [1.54, 1.807) is 0 Å². The summed E-state index contributed by atoms with van der Waals surface area (Å²) in [6, 6.07) is 0.349. The first-order valence-corrected chi connectivity index (χ1v) is 5.29. The van der Waals surface area contributed by atoms with E-state index in [-0.39, 0.29) is 24.3 Å². The molecule has 2 aliphatic rings. The largest absolute Gasteiger partial charge is 0.391 e. The van der Waals surface area contributed by atoms with Crippen molar-refractivity contribution in [2.75, 3.05) is 6.54 Å². The summed E-state index contributed by atoms with van der Waals surface area (Å²) < 4.78 is 0. The molecule has 0 aromatic heterocycles. The van der Waals surface area contributed by atoms with Gasteiger partial charge in [-0.05, 0) is 25.7 Å². The fourth-order valence-corrected chi connectivity index (χ4v) is 2.81. The van der Waals surface area contributed by atoms with Crippen LogP contribution in [0.4, 0.5) is 0 Å². The Bertz CT molecular complexity index is 230. The van der Waals surface area contributed by atoms with E-state index in [9.17, 15) is 10.2 Å². The summed E-state index contributed by atoms with van der Waals surface area (Å²) in [5.41, 5.74) is 0. The number of aliphatic hydroxyl groups is 2. The molecule has 0 aromatic carbocycles. The summed E-state index contributed by atoms with van der Waals surface area (Å²) in [4.78, 5) is 2.10. The number of piperidine rings is 2. The van der Waals surface area contributed by atoms with Crippen LogP contribution in [0.2, 0.25) is 0 Å². The SMILES string of the molecule is C#CCN1[C@H]2CC[C@H](O)[C@@H]1CC[C@H]2O. The van der Waals surface area contributed by atoms with Crippen LogP contribution in [0.25, 0.3) is 0 Å². The molecule has 0 radical (unpaired) electrons. The Labute approximate surface area is 84.7 Å². The zero-order valence-corrected chi connectivity index (χ0v) is 8.26. The molecule has 14 heavy (non-hydrogen) atoms. The molecule has 2 fully saturated rings. The highest BCUT2D eigenvalue weighted by Gasteiger charge is 2.42. The first kappa shape index (κ1) is 9.97. The van der Waals surface area contributed by atoms with Gasteiger partial charge in [0.15, 0.2) is 0 Å². The van der Waals surface area contributed by atoms with Crippen molar-refractivity contribution < 1.29 is 10.2 Å². The van der Waals surface area contributed by atoms with Crippen LogP contribution in [-0.2, 0) is 0 Å². The van der Waals surface area contributed by atoms with Crippen molar-refractivity contribution in [3.8, 4) is 12.3 Å². The van der Waals surface area contributed by atoms with Gasteiger partial charge in [0.1, 0.15) is 0 Å². The second-order valence-electron chi connectivity index (χ2n) is 4.30. The van der Waals surface area contributed by atoms with Gasteiger partial charge in [-0.3, -0.25) is 4.90 Å². The predicted molar refractivity (Wildman–Crippen MR) is 53.6 cm³/mol. The van der Waals surface area contributed by atoms with E-state index in [1.807, 2.05) is 0 Å². The molecule has 2 saturated heterocycles. The molecule has 2 N–H and O–H groups in total. The van der Waals surface area contributed by atoms with Crippen LogP contribution in [0.1, 0.15) is 25.7 Å². The monoisotopic (exact) mass is 195 g/mol. The third kappa shape index (κ3) is 1.54. The Balaban J connectivity index is 2.15. The van der Waals surface area contributed by atoms with Crippen LogP contribution < -0.4 is 0 Å². The summed E-state index contributed by atoms with van der Waals surface area (Å²) in [7, 11) is 0. The van der Waals surface area contributed by atoms with Gasteiger partial charge in [-0.2, -0.15) is 0 Å². The van der Waals surface area contributed by atoms with Gasteiger partial charge in [0.2, 0.25) is 0 Å². The second-order valence-corrected chi connectivity index (χ2v) is 4.30. The van der Waals surface area contributed by atoms with Gasteiger partial charge < -0.3 is 10.2 Å². The lowest BCUT2D eigenvalue weighted by molar-refractivity contribution is -0.0913. The number of hydrogen-bond donors (Lipinski definition) is 2. The molecule has 4 atom stereocenters. The second kappa shape index (κ2) is 3.90. The van der Waals surface area contributed by atoms with Crippen molar-refractivity contribution in [1.29, 1.82) is 0 Å². The predicted octanol–water partition coefficient (Wildman–Crippen LogP) is -0.0318. The van der Waals surface area contributed by atoms with Gasteiger partial charge in [-0.15, -0.1) is 6.42 Å². The third-order valence-electron chi connectivity index (χ3n) is 3.53. The fraction of sp³-hybridized carbons (Fsp3) is 0.818. The van der Waals surface area contributed by atoms with Crippen LogP contribution >= 0.6 is 0 Å². The average molecular weight is 195 g/mol. The van der Waals surface area contributed by atoms with E-state index in [1.165, 1.54) is 0 Å². The number of terminal acetylenes is 1. The molecule has 78 valence electrons. The molecule has 3 heteroatoms. The minimum absolute atomic E-state index is 0.174. The molecule has 2 aliphatic heterocycles. The topological polar surface area (TPSA) is 43.7 Å². The van der Waals surface area contributed by atoms with E-state index in [4.69, 9.17) is 6.42 Å². The van der Waals surface area contributed by atoms with E-state index in [0.717, 1.165) is 25.7 Å². The van der Waals surface area contributed by atoms with Crippen molar-refractivity contribution in [3.05, 3.63) is 0 Å². The molecule has 2 bridgehead atoms. The van der Waals surface area contributed by atoms with Crippen molar-refractivity contribution in [2.24, 2.45) is 0 Å². The van der Waals surface area contributed by atoms with Crippen LogP contribution in [0.15, 0.2) is 0 Å². The van der Waals surface area contributed by atoms with E-state index in [0.29, 0.717) is 6.54 Å². The summed E-state index contributed by atoms with van der Waals surface area (Å²) in [5.74, 6) is 2.61. The molecule has 0 saturated carbocycles. The zero-order chi connectivity index (χ0) is 10.1. The standard InChI is InChI=1S/C11H17NO2/c1-2-7-12-8-3-5-10(13)9(12)4-6-11(8)14/h1,8-11,13-14H,3-7H2/t8-,9-,10-,11+/m0/s1. The molecule has 0 spiro atoms. The molecule has 3 nitrogen and oxygen atoms in total. The first-order chi connectivity index (χ1) is 6.74. The van der Waals surface area contributed by atoms with Crippen LogP contribution in [0.3, 0.4) is 0 Å². The van der Waals surface area contributed by atoms with Gasteiger partial charge in [-0.1, -0.05) is 5.92 Å². The summed E-state index contributed by atoms with van der Waals surface area (Å²) >= 11 is 0. The lowest BCUT2D eigenvalue weighted by Crippen LogP contribution is -2.60. The zero-order valence-electron chi connectivity index (χ0n) is 8.26. The molecule has 0 aromatic rings. The van der Waals surface area contributed by atoms with Gasteiger partial charge in [0.05, 0.1) is 18.8 Å². The first-order valence-electron chi connectivity index (χ1n) is 5.29. The summed E-state index contributed by atoms with van der Waals surface area (Å²) in [6.45, 7) is 0.545. The van der Waals surface area contributed by atoms with Gasteiger partial charge in [0.25, 0.3) is 0 Å². The Kier molecular flexibility index (Phi) is 2.78. The van der Waals surface area contributed by atoms with Gasteiger partial charge >= 0.3 is 0 Å². The number of aliphatic hydroxyl groups excluding tert-OH is 2. The number of hydrogen-bond acceptors (Lipinski definition) is 3. The molecule has 2 rings (SSSR count). The van der Waals surface area contributed by atoms with E-state index >= 15 is 0 Å². The average Bonchev–Trinajstić information content (AvgIpc) is 2.16. The maximum Gasteiger partial charge on any atom is 0.0696 e. The quantitative estimate of drug-likeness (QED) is 0.577. The van der Waals surface area contributed by atoms with Gasteiger partial charge in [-0.25, -0.2) is 0 Å². The van der Waals surface area contributed by atoms with Crippen molar-refractivity contribution in [3.63, 3.8) is 0 Å². The Hall–Kier alpha value is -0.560. The maximum atomic E-state index is 9.81. The highest BCUT2D eigenvalue weighted by atomic mass is 16.3. The smallest absolute Gasteiger partial charge is 0.0696 e. The Morgan fingerprint density at radius 2 is 1.57 bits per heavy atom. The van der Waals surface area contributed by atoms with Crippen LogP contribution in [0, 0.1) is 12.3 Å². The van der Waals surface area contributed by atoms with E-state index < -0.39 is 0 Å². The third-order valence-corrected chi connectivity index (χ3v) is 3.53. The molecule has 0 aliphatic carbocycles. The van der Waals surface area contributed by atoms with Crippen LogP contribution in [0.5, 0.6) is 0 Å². The highest BCUT2D eigenvalue weighted by Crippen LogP contribution is 2.33. The lowest BCUT2D eigenvalue weighted by Gasteiger charge is -2.49. The number of fused-ring (bicyclic) bond motifs is 2. The van der Waals surface area contributed by atoms with E-state index in [2.05, 4.69) is 10.8 Å². The maximum absolute atomic E-state index is 9.81. The van der Waals surface area contributed by atoms with Crippen molar-refractivity contribution in [2.45, 2.75) is 50.0 Å². The van der Waals surface area contributed by atoms with Crippen molar-refractivity contribution >= 4 is 0 Å². The fourth-order valence-electron chi connectivity index (χ4n) is 2.81. The van der Waals surface area contributed by atoms with Crippen molar-refractivity contribution in [1.82, 2.24) is 4.90 Å².